The highest BCUT2D eigenvalue weighted by Crippen LogP contribution is 2.37. The molecule has 0 saturated carbocycles. The Labute approximate surface area is 101 Å². The van der Waals surface area contributed by atoms with E-state index >= 15 is 0 Å². The van der Waals surface area contributed by atoms with Gasteiger partial charge in [0.15, 0.2) is 0 Å². The number of esters is 1. The van der Waals surface area contributed by atoms with Crippen molar-refractivity contribution in [3.63, 3.8) is 0 Å². The molecule has 92 valence electrons. The lowest BCUT2D eigenvalue weighted by molar-refractivity contribution is -0.138. The predicted molar refractivity (Wildman–Crippen MR) is 64.2 cm³/mol. The van der Waals surface area contributed by atoms with Crippen LogP contribution in [0.3, 0.4) is 0 Å². The van der Waals surface area contributed by atoms with Gasteiger partial charge < -0.3 is 14.7 Å². The van der Waals surface area contributed by atoms with Gasteiger partial charge in [0.05, 0.1) is 18.2 Å². The van der Waals surface area contributed by atoms with Crippen LogP contribution in [0, 0.1) is 5.92 Å². The van der Waals surface area contributed by atoms with Gasteiger partial charge in [-0.15, -0.1) is 0 Å². The number of rotatable bonds is 2. The summed E-state index contributed by atoms with van der Waals surface area (Å²) in [6, 6.07) is 0.102. The molecular weight excluding hydrogens is 218 g/mol. The molecule has 0 fully saturated rings. The Morgan fingerprint density at radius 2 is 2.29 bits per heavy atom. The third-order valence-corrected chi connectivity index (χ3v) is 3.38. The normalized spacial score (nSPS) is 27.0. The number of ether oxygens (including phenoxy) is 1. The van der Waals surface area contributed by atoms with Crippen LogP contribution in [0.1, 0.15) is 13.8 Å². The molecule has 0 unspecified atom stereocenters. The summed E-state index contributed by atoms with van der Waals surface area (Å²) in [6.07, 6.45) is 5.29. The zero-order valence-electron chi connectivity index (χ0n) is 10.3. The van der Waals surface area contributed by atoms with E-state index in [-0.39, 0.29) is 23.7 Å². The van der Waals surface area contributed by atoms with Gasteiger partial charge in [-0.1, -0.05) is 6.08 Å². The van der Waals surface area contributed by atoms with Crippen molar-refractivity contribution in [2.45, 2.75) is 19.9 Å². The molecule has 1 heterocycles. The lowest BCUT2D eigenvalue weighted by Crippen LogP contribution is -2.30. The second-order valence-electron chi connectivity index (χ2n) is 4.30. The summed E-state index contributed by atoms with van der Waals surface area (Å²) in [6.45, 7) is 4.06. The standard InChI is InChI=1S/C13H17NO3/c1-4-17-13(16)12-8(2)14(3)11-6-5-9(15)7-10(11)12/h5-7,10-11,15H,4H2,1-3H3/t10-,11+/m1/s1. The van der Waals surface area contributed by atoms with Gasteiger partial charge in [0.25, 0.3) is 0 Å². The largest absolute Gasteiger partial charge is 0.508 e. The minimum Gasteiger partial charge on any atom is -0.508 e. The second kappa shape index (κ2) is 4.28. The Morgan fingerprint density at radius 3 is 2.94 bits per heavy atom. The first-order valence-electron chi connectivity index (χ1n) is 5.76. The fourth-order valence-electron chi connectivity index (χ4n) is 2.43. The molecule has 2 aliphatic rings. The summed E-state index contributed by atoms with van der Waals surface area (Å²) >= 11 is 0. The minimum atomic E-state index is -0.288. The number of carbonyl (C=O) groups excluding carboxylic acids is 1. The van der Waals surface area contributed by atoms with Crippen LogP contribution in [0.4, 0.5) is 0 Å². The molecule has 0 aromatic heterocycles. The van der Waals surface area contributed by atoms with E-state index in [0.29, 0.717) is 12.2 Å². The molecule has 1 aliphatic heterocycles. The van der Waals surface area contributed by atoms with E-state index in [9.17, 15) is 9.90 Å². The molecule has 0 radical (unpaired) electrons. The third-order valence-electron chi connectivity index (χ3n) is 3.38. The van der Waals surface area contributed by atoms with Gasteiger partial charge >= 0.3 is 5.97 Å². The van der Waals surface area contributed by atoms with Gasteiger partial charge in [-0.3, -0.25) is 0 Å². The Kier molecular flexibility index (Phi) is 2.96. The zero-order chi connectivity index (χ0) is 12.6. The number of allylic oxidation sites excluding steroid dienone is 2. The van der Waals surface area contributed by atoms with Crippen LogP contribution >= 0.6 is 0 Å². The van der Waals surface area contributed by atoms with Crippen LogP contribution in [0.15, 0.2) is 35.3 Å². The Balaban J connectivity index is 2.36. The molecule has 0 bridgehead atoms. The van der Waals surface area contributed by atoms with E-state index in [2.05, 4.69) is 0 Å². The molecule has 17 heavy (non-hydrogen) atoms. The lowest BCUT2D eigenvalue weighted by Gasteiger charge is -2.25. The van der Waals surface area contributed by atoms with Gasteiger partial charge in [0, 0.05) is 18.7 Å². The van der Waals surface area contributed by atoms with Crippen LogP contribution in [0.25, 0.3) is 0 Å². The van der Waals surface area contributed by atoms with E-state index in [0.717, 1.165) is 5.70 Å². The summed E-state index contributed by atoms with van der Waals surface area (Å²) in [5.41, 5.74) is 1.56. The van der Waals surface area contributed by atoms with Crippen molar-refractivity contribution in [3.8, 4) is 0 Å². The van der Waals surface area contributed by atoms with Crippen molar-refractivity contribution in [1.82, 2.24) is 4.90 Å². The third kappa shape index (κ3) is 1.84. The molecule has 1 N–H and O–H groups in total. The summed E-state index contributed by atoms with van der Waals surface area (Å²) < 4.78 is 5.07. The molecule has 2 atom stereocenters. The topological polar surface area (TPSA) is 49.8 Å². The molecule has 4 nitrogen and oxygen atoms in total. The second-order valence-corrected chi connectivity index (χ2v) is 4.30. The quantitative estimate of drug-likeness (QED) is 0.741. The first-order valence-corrected chi connectivity index (χ1v) is 5.76. The van der Waals surface area contributed by atoms with Gasteiger partial charge in [-0.05, 0) is 26.0 Å². The maximum atomic E-state index is 11.9. The van der Waals surface area contributed by atoms with Crippen LogP contribution in [-0.4, -0.2) is 35.7 Å². The van der Waals surface area contributed by atoms with E-state index in [1.54, 1.807) is 19.1 Å². The lowest BCUT2D eigenvalue weighted by atomic mass is 9.90. The summed E-state index contributed by atoms with van der Waals surface area (Å²) in [5.74, 6) is -0.191. The minimum absolute atomic E-state index is 0.102. The zero-order valence-corrected chi connectivity index (χ0v) is 10.3. The number of aliphatic hydroxyl groups excluding tert-OH is 1. The van der Waals surface area contributed by atoms with Crippen molar-refractivity contribution in [3.05, 3.63) is 35.3 Å². The van der Waals surface area contributed by atoms with Crippen molar-refractivity contribution < 1.29 is 14.6 Å². The predicted octanol–water partition coefficient (Wildman–Crippen LogP) is 1.77. The average Bonchev–Trinajstić information content (AvgIpc) is 2.51. The SMILES string of the molecule is CCOC(=O)C1=C(C)N(C)[C@H]2C=CC(O)=C[C@@H]12. The first-order chi connectivity index (χ1) is 8.06. The van der Waals surface area contributed by atoms with E-state index in [1.807, 2.05) is 24.9 Å². The Bertz CT molecular complexity index is 434. The number of hydrogen-bond acceptors (Lipinski definition) is 4. The molecule has 1 aliphatic carbocycles. The molecule has 2 rings (SSSR count). The van der Waals surface area contributed by atoms with Crippen LogP contribution < -0.4 is 0 Å². The highest BCUT2D eigenvalue weighted by atomic mass is 16.5. The summed E-state index contributed by atoms with van der Waals surface area (Å²) in [7, 11) is 1.94. The van der Waals surface area contributed by atoms with Crippen molar-refractivity contribution >= 4 is 5.97 Å². The van der Waals surface area contributed by atoms with Gasteiger partial charge in [-0.25, -0.2) is 4.79 Å². The molecule has 0 aromatic carbocycles. The van der Waals surface area contributed by atoms with Crippen molar-refractivity contribution in [1.29, 1.82) is 0 Å². The van der Waals surface area contributed by atoms with Crippen molar-refractivity contribution in [2.24, 2.45) is 5.92 Å². The molecular formula is C13H17NO3. The molecule has 0 amide bonds. The number of nitrogens with zero attached hydrogens (tertiary/aromatic N) is 1. The monoisotopic (exact) mass is 235 g/mol. The van der Waals surface area contributed by atoms with Gasteiger partial charge in [0.2, 0.25) is 0 Å². The van der Waals surface area contributed by atoms with Gasteiger partial charge in [0.1, 0.15) is 5.76 Å². The van der Waals surface area contributed by atoms with E-state index < -0.39 is 0 Å². The fraction of sp³-hybridized carbons (Fsp3) is 0.462. The van der Waals surface area contributed by atoms with E-state index in [1.165, 1.54) is 0 Å². The highest BCUT2D eigenvalue weighted by molar-refractivity contribution is 5.91. The molecule has 0 spiro atoms. The highest BCUT2D eigenvalue weighted by Gasteiger charge is 2.39. The molecule has 0 aromatic rings. The van der Waals surface area contributed by atoms with Crippen LogP contribution in [0.2, 0.25) is 0 Å². The molecule has 0 saturated heterocycles. The number of carbonyl (C=O) groups is 1. The maximum Gasteiger partial charge on any atom is 0.336 e. The Morgan fingerprint density at radius 1 is 1.59 bits per heavy atom. The average molecular weight is 235 g/mol. The Hall–Kier alpha value is -1.71. The first kappa shape index (κ1) is 11.8. The number of hydrogen-bond donors (Lipinski definition) is 1. The summed E-state index contributed by atoms with van der Waals surface area (Å²) in [4.78, 5) is 14.0. The summed E-state index contributed by atoms with van der Waals surface area (Å²) in [5, 5.41) is 9.54. The van der Waals surface area contributed by atoms with Crippen molar-refractivity contribution in [2.75, 3.05) is 13.7 Å². The van der Waals surface area contributed by atoms with Crippen LogP contribution in [-0.2, 0) is 9.53 Å². The number of aliphatic hydroxyl groups is 1. The molecule has 4 heteroatoms. The smallest absolute Gasteiger partial charge is 0.336 e. The van der Waals surface area contributed by atoms with Gasteiger partial charge in [-0.2, -0.15) is 0 Å². The fourth-order valence-corrected chi connectivity index (χ4v) is 2.43. The number of likely N-dealkylation sites (N-methyl/N-ethyl adjacent to an activating group) is 1. The maximum absolute atomic E-state index is 11.9. The van der Waals surface area contributed by atoms with E-state index in [4.69, 9.17) is 4.74 Å². The van der Waals surface area contributed by atoms with Crippen LogP contribution in [0.5, 0.6) is 0 Å². The number of fused-ring (bicyclic) bond motifs is 1.